The van der Waals surface area contributed by atoms with Crippen molar-refractivity contribution in [1.29, 1.82) is 0 Å². The summed E-state index contributed by atoms with van der Waals surface area (Å²) in [6.07, 6.45) is -1.18. The van der Waals surface area contributed by atoms with E-state index in [9.17, 15) is 24.3 Å². The van der Waals surface area contributed by atoms with E-state index in [4.69, 9.17) is 23.7 Å². The van der Waals surface area contributed by atoms with Gasteiger partial charge in [-0.15, -0.1) is 0 Å². The number of hydrogen-bond donors (Lipinski definition) is 2. The Morgan fingerprint density at radius 2 is 1.41 bits per heavy atom. The SMILES string of the molecule is CCCC(=O)OC(C)CN[C@@H](Cc1ccc(OC(=O)OC(C)CC)c(OC(=O)OC(C)CC)c1)C(=O)O. The fourth-order valence-corrected chi connectivity index (χ4v) is 2.89. The summed E-state index contributed by atoms with van der Waals surface area (Å²) in [4.78, 5) is 47.9. The van der Waals surface area contributed by atoms with Gasteiger partial charge in [-0.25, -0.2) is 9.59 Å². The first-order valence-electron chi connectivity index (χ1n) is 12.5. The van der Waals surface area contributed by atoms with Gasteiger partial charge in [0.2, 0.25) is 0 Å². The Bertz CT molecular complexity index is 903. The van der Waals surface area contributed by atoms with E-state index >= 15 is 0 Å². The van der Waals surface area contributed by atoms with Crippen LogP contribution >= 0.6 is 0 Å². The molecule has 0 radical (unpaired) electrons. The molecule has 11 nitrogen and oxygen atoms in total. The second-order valence-electron chi connectivity index (χ2n) is 8.71. The standard InChI is InChI=1S/C26H39NO10/c1-7-10-23(28)33-18(6)15-27-20(24(29)30)13-19-11-12-21(36-25(31)34-16(4)8-2)22(14-19)37-26(32)35-17(5)9-3/h11-12,14,16-18,20,27H,7-10,13,15H2,1-6H3,(H,29,30)/t16?,17?,18?,20-/m0/s1. The van der Waals surface area contributed by atoms with E-state index in [-0.39, 0.29) is 43.0 Å². The minimum atomic E-state index is -1.12. The molecule has 2 N–H and O–H groups in total. The molecular weight excluding hydrogens is 486 g/mol. The smallest absolute Gasteiger partial charge is 0.480 e. The van der Waals surface area contributed by atoms with E-state index in [1.165, 1.54) is 12.1 Å². The molecule has 0 aliphatic carbocycles. The first-order chi connectivity index (χ1) is 17.5. The van der Waals surface area contributed by atoms with Gasteiger partial charge in [0, 0.05) is 13.0 Å². The van der Waals surface area contributed by atoms with Crippen LogP contribution in [0.3, 0.4) is 0 Å². The van der Waals surface area contributed by atoms with E-state index in [0.717, 1.165) is 0 Å². The molecule has 37 heavy (non-hydrogen) atoms. The van der Waals surface area contributed by atoms with Crippen LogP contribution in [0.15, 0.2) is 18.2 Å². The Morgan fingerprint density at radius 3 is 1.92 bits per heavy atom. The van der Waals surface area contributed by atoms with E-state index in [1.807, 2.05) is 20.8 Å². The normalized spacial score (nSPS) is 14.0. The molecule has 0 fully saturated rings. The molecule has 3 unspecified atom stereocenters. The van der Waals surface area contributed by atoms with Crippen molar-refractivity contribution in [2.45, 2.75) is 98.0 Å². The minimum absolute atomic E-state index is 0.000669. The highest BCUT2D eigenvalue weighted by Gasteiger charge is 2.23. The maximum Gasteiger partial charge on any atom is 0.514 e. The topological polar surface area (TPSA) is 147 Å². The average molecular weight is 526 g/mol. The average Bonchev–Trinajstić information content (AvgIpc) is 2.82. The second kappa shape index (κ2) is 16.4. The number of benzene rings is 1. The molecule has 0 heterocycles. The van der Waals surface area contributed by atoms with Gasteiger partial charge < -0.3 is 34.1 Å². The molecule has 0 saturated carbocycles. The van der Waals surface area contributed by atoms with Gasteiger partial charge in [0.15, 0.2) is 11.5 Å². The Balaban J connectivity index is 3.03. The quantitative estimate of drug-likeness (QED) is 0.188. The van der Waals surface area contributed by atoms with Crippen molar-refractivity contribution in [3.63, 3.8) is 0 Å². The number of esters is 1. The maximum absolute atomic E-state index is 12.2. The first-order valence-corrected chi connectivity index (χ1v) is 12.5. The van der Waals surface area contributed by atoms with Crippen molar-refractivity contribution in [3.8, 4) is 11.5 Å². The predicted octanol–water partition coefficient (Wildman–Crippen LogP) is 4.63. The van der Waals surface area contributed by atoms with Crippen LogP contribution < -0.4 is 14.8 Å². The maximum atomic E-state index is 12.2. The molecule has 1 aromatic carbocycles. The molecule has 0 aromatic heterocycles. The van der Waals surface area contributed by atoms with Crippen LogP contribution in [-0.4, -0.2) is 60.3 Å². The van der Waals surface area contributed by atoms with Crippen molar-refractivity contribution in [3.05, 3.63) is 23.8 Å². The molecule has 0 aliphatic heterocycles. The fourth-order valence-electron chi connectivity index (χ4n) is 2.89. The van der Waals surface area contributed by atoms with Gasteiger partial charge in [0.1, 0.15) is 24.4 Å². The van der Waals surface area contributed by atoms with Crippen LogP contribution in [0, 0.1) is 0 Å². The number of carbonyl (C=O) groups excluding carboxylic acids is 3. The van der Waals surface area contributed by atoms with Crippen LogP contribution in [0.25, 0.3) is 0 Å². The van der Waals surface area contributed by atoms with Crippen molar-refractivity contribution in [2.75, 3.05) is 6.54 Å². The summed E-state index contributed by atoms with van der Waals surface area (Å²) in [7, 11) is 0. The number of rotatable bonds is 15. The number of nitrogens with one attached hydrogen (secondary N) is 1. The molecule has 0 bridgehead atoms. The molecule has 0 spiro atoms. The number of ether oxygens (including phenoxy) is 5. The summed E-state index contributed by atoms with van der Waals surface area (Å²) < 4.78 is 26.0. The minimum Gasteiger partial charge on any atom is -0.480 e. The van der Waals surface area contributed by atoms with Gasteiger partial charge in [0.25, 0.3) is 0 Å². The summed E-state index contributed by atoms with van der Waals surface area (Å²) in [5, 5.41) is 12.5. The zero-order chi connectivity index (χ0) is 28.0. The highest BCUT2D eigenvalue weighted by atomic mass is 16.7. The predicted molar refractivity (Wildman–Crippen MR) is 134 cm³/mol. The van der Waals surface area contributed by atoms with Crippen LogP contribution in [0.5, 0.6) is 11.5 Å². The number of carboxylic acid groups (broad SMARTS) is 1. The van der Waals surface area contributed by atoms with Crippen molar-refractivity contribution in [2.24, 2.45) is 0 Å². The molecule has 4 atom stereocenters. The zero-order valence-corrected chi connectivity index (χ0v) is 22.4. The molecule has 11 heteroatoms. The van der Waals surface area contributed by atoms with Crippen molar-refractivity contribution < 1.29 is 48.0 Å². The van der Waals surface area contributed by atoms with Gasteiger partial charge >= 0.3 is 24.2 Å². The Hall–Kier alpha value is -3.34. The third-order valence-electron chi connectivity index (χ3n) is 5.32. The number of carboxylic acids is 1. The molecule has 0 amide bonds. The largest absolute Gasteiger partial charge is 0.514 e. The van der Waals surface area contributed by atoms with Crippen molar-refractivity contribution >= 4 is 24.2 Å². The lowest BCUT2D eigenvalue weighted by atomic mass is 10.0. The molecule has 0 saturated heterocycles. The number of hydrogen-bond acceptors (Lipinski definition) is 10. The summed E-state index contributed by atoms with van der Waals surface area (Å²) >= 11 is 0. The number of aliphatic carboxylic acids is 1. The summed E-state index contributed by atoms with van der Waals surface area (Å²) in [5.74, 6) is -1.69. The van der Waals surface area contributed by atoms with E-state index in [2.05, 4.69) is 5.32 Å². The fraction of sp³-hybridized carbons (Fsp3) is 0.615. The van der Waals surface area contributed by atoms with Crippen molar-refractivity contribution in [1.82, 2.24) is 5.32 Å². The molecule has 1 rings (SSSR count). The van der Waals surface area contributed by atoms with Gasteiger partial charge in [0.05, 0.1) is 0 Å². The zero-order valence-electron chi connectivity index (χ0n) is 22.4. The highest BCUT2D eigenvalue weighted by molar-refractivity contribution is 5.74. The molecule has 0 aliphatic rings. The highest BCUT2D eigenvalue weighted by Crippen LogP contribution is 2.30. The Kier molecular flexibility index (Phi) is 14.1. The monoisotopic (exact) mass is 525 g/mol. The lowest BCUT2D eigenvalue weighted by Crippen LogP contribution is -2.42. The molecule has 1 aromatic rings. The number of carbonyl (C=O) groups is 4. The Labute approximate surface area is 217 Å². The third kappa shape index (κ3) is 12.4. The lowest BCUT2D eigenvalue weighted by Gasteiger charge is -2.19. The van der Waals surface area contributed by atoms with Crippen LogP contribution in [0.4, 0.5) is 9.59 Å². The van der Waals surface area contributed by atoms with Crippen LogP contribution in [-0.2, 0) is 30.2 Å². The first kappa shape index (κ1) is 31.7. The second-order valence-corrected chi connectivity index (χ2v) is 8.71. The van der Waals surface area contributed by atoms with E-state index in [0.29, 0.717) is 24.8 Å². The van der Waals surface area contributed by atoms with Crippen LogP contribution in [0.2, 0.25) is 0 Å². The van der Waals surface area contributed by atoms with Crippen LogP contribution in [0.1, 0.15) is 72.8 Å². The van der Waals surface area contributed by atoms with Gasteiger partial charge in [-0.3, -0.25) is 9.59 Å². The molecular formula is C26H39NO10. The summed E-state index contributed by atoms with van der Waals surface area (Å²) in [6.45, 7) is 10.7. The molecule has 208 valence electrons. The third-order valence-corrected chi connectivity index (χ3v) is 5.32. The van der Waals surface area contributed by atoms with Gasteiger partial charge in [-0.05, 0) is 64.2 Å². The van der Waals surface area contributed by atoms with Gasteiger partial charge in [-0.2, -0.15) is 0 Å². The van der Waals surface area contributed by atoms with Gasteiger partial charge in [-0.1, -0.05) is 26.8 Å². The van der Waals surface area contributed by atoms with E-state index in [1.54, 1.807) is 26.8 Å². The lowest BCUT2D eigenvalue weighted by molar-refractivity contribution is -0.148. The van der Waals surface area contributed by atoms with E-state index < -0.39 is 36.5 Å². The summed E-state index contributed by atoms with van der Waals surface area (Å²) in [6, 6.07) is 3.29. The Morgan fingerprint density at radius 1 is 0.838 bits per heavy atom. The summed E-state index contributed by atoms with van der Waals surface area (Å²) in [5.41, 5.74) is 0.476.